The molecule has 1 fully saturated rings. The summed E-state index contributed by atoms with van der Waals surface area (Å²) < 4.78 is 39.3. The summed E-state index contributed by atoms with van der Waals surface area (Å²) in [7, 11) is 0. The number of pyridine rings is 1. The van der Waals surface area contributed by atoms with Crippen LogP contribution in [0.4, 0.5) is 13.2 Å². The molecule has 6 heteroatoms. The number of amides is 1. The van der Waals surface area contributed by atoms with Gasteiger partial charge in [0.25, 0.3) is 5.91 Å². The summed E-state index contributed by atoms with van der Waals surface area (Å²) >= 11 is 0. The van der Waals surface area contributed by atoms with Gasteiger partial charge in [-0.05, 0) is 48.6 Å². The number of hydrogen-bond donors (Lipinski definition) is 0. The maximum absolute atomic E-state index is 13.2. The first-order valence-corrected chi connectivity index (χ1v) is 7.37. The summed E-state index contributed by atoms with van der Waals surface area (Å²) in [6.07, 6.45) is 2.27. The van der Waals surface area contributed by atoms with Gasteiger partial charge in [-0.1, -0.05) is 0 Å². The largest absolute Gasteiger partial charge is 0.337 e. The predicted molar refractivity (Wildman–Crippen MR) is 78.3 cm³/mol. The van der Waals surface area contributed by atoms with Crippen LogP contribution in [0.1, 0.15) is 22.5 Å². The quantitative estimate of drug-likeness (QED) is 0.870. The Kier molecular flexibility index (Phi) is 4.32. The molecule has 1 aliphatic rings. The van der Waals surface area contributed by atoms with Crippen LogP contribution in [-0.2, 0) is 6.42 Å². The second kappa shape index (κ2) is 6.40. The van der Waals surface area contributed by atoms with Crippen molar-refractivity contribution in [2.75, 3.05) is 13.1 Å². The van der Waals surface area contributed by atoms with Gasteiger partial charge in [-0.25, -0.2) is 18.2 Å². The molecule has 2 heterocycles. The Hall–Kier alpha value is -2.37. The third-order valence-corrected chi connectivity index (χ3v) is 3.97. The van der Waals surface area contributed by atoms with Crippen molar-refractivity contribution in [2.45, 2.75) is 12.8 Å². The van der Waals surface area contributed by atoms with Gasteiger partial charge >= 0.3 is 0 Å². The van der Waals surface area contributed by atoms with E-state index in [1.807, 2.05) is 0 Å². The van der Waals surface area contributed by atoms with Gasteiger partial charge in [-0.15, -0.1) is 0 Å². The van der Waals surface area contributed by atoms with Gasteiger partial charge in [0, 0.05) is 19.2 Å². The number of aromatic nitrogens is 1. The van der Waals surface area contributed by atoms with E-state index in [1.165, 1.54) is 24.3 Å². The number of halogens is 3. The SMILES string of the molecule is O=C(c1ccc(F)cn1)N1CCC(Cc2cc(F)cc(F)c2)C1. The van der Waals surface area contributed by atoms with E-state index in [4.69, 9.17) is 0 Å². The Morgan fingerprint density at radius 2 is 1.87 bits per heavy atom. The maximum atomic E-state index is 13.2. The topological polar surface area (TPSA) is 33.2 Å². The zero-order chi connectivity index (χ0) is 16.4. The first kappa shape index (κ1) is 15.5. The highest BCUT2D eigenvalue weighted by Gasteiger charge is 2.27. The molecular weight excluding hydrogens is 305 g/mol. The number of carbonyl (C=O) groups excluding carboxylic acids is 1. The molecule has 1 atom stereocenters. The highest BCUT2D eigenvalue weighted by Crippen LogP contribution is 2.23. The van der Waals surface area contributed by atoms with Crippen LogP contribution in [0, 0.1) is 23.4 Å². The number of carbonyl (C=O) groups is 1. The fourth-order valence-corrected chi connectivity index (χ4v) is 2.91. The fraction of sp³-hybridized carbons (Fsp3) is 0.294. The average molecular weight is 320 g/mol. The standard InChI is InChI=1S/C17H15F3N2O/c18-13-1-2-16(21-9-13)17(23)22-4-3-11(10-22)5-12-6-14(19)8-15(20)7-12/h1-2,6-9,11H,3-5,10H2. The minimum Gasteiger partial charge on any atom is -0.337 e. The van der Waals surface area contributed by atoms with Crippen LogP contribution in [0.25, 0.3) is 0 Å². The highest BCUT2D eigenvalue weighted by molar-refractivity contribution is 5.92. The highest BCUT2D eigenvalue weighted by atomic mass is 19.1. The van der Waals surface area contributed by atoms with Gasteiger partial charge in [0.2, 0.25) is 0 Å². The van der Waals surface area contributed by atoms with E-state index in [0.717, 1.165) is 18.7 Å². The number of likely N-dealkylation sites (tertiary alicyclic amines) is 1. The minimum atomic E-state index is -0.596. The first-order chi connectivity index (χ1) is 11.0. The van der Waals surface area contributed by atoms with Crippen molar-refractivity contribution in [1.29, 1.82) is 0 Å². The lowest BCUT2D eigenvalue weighted by Gasteiger charge is -2.16. The molecule has 1 aromatic heterocycles. The van der Waals surface area contributed by atoms with Gasteiger partial charge in [-0.2, -0.15) is 0 Å². The molecule has 3 rings (SSSR count). The van der Waals surface area contributed by atoms with Gasteiger partial charge in [0.05, 0.1) is 6.20 Å². The summed E-state index contributed by atoms with van der Waals surface area (Å²) in [5.41, 5.74) is 0.783. The third-order valence-electron chi connectivity index (χ3n) is 3.97. The van der Waals surface area contributed by atoms with E-state index in [0.29, 0.717) is 25.1 Å². The third kappa shape index (κ3) is 3.70. The van der Waals surface area contributed by atoms with Crippen molar-refractivity contribution in [3.05, 3.63) is 65.2 Å². The van der Waals surface area contributed by atoms with Gasteiger partial charge < -0.3 is 4.90 Å². The number of nitrogens with zero attached hydrogens (tertiary/aromatic N) is 2. The number of hydrogen-bond acceptors (Lipinski definition) is 2. The van der Waals surface area contributed by atoms with E-state index in [9.17, 15) is 18.0 Å². The molecule has 0 bridgehead atoms. The van der Waals surface area contributed by atoms with E-state index >= 15 is 0 Å². The van der Waals surface area contributed by atoms with Crippen LogP contribution in [0.2, 0.25) is 0 Å². The summed E-state index contributed by atoms with van der Waals surface area (Å²) in [6.45, 7) is 1.05. The molecule has 3 nitrogen and oxygen atoms in total. The van der Waals surface area contributed by atoms with E-state index in [-0.39, 0.29) is 17.5 Å². The maximum Gasteiger partial charge on any atom is 0.272 e. The molecule has 1 saturated heterocycles. The fourth-order valence-electron chi connectivity index (χ4n) is 2.91. The smallest absolute Gasteiger partial charge is 0.272 e. The van der Waals surface area contributed by atoms with E-state index in [2.05, 4.69) is 4.98 Å². The summed E-state index contributed by atoms with van der Waals surface area (Å²) in [4.78, 5) is 17.7. The van der Waals surface area contributed by atoms with Crippen LogP contribution in [-0.4, -0.2) is 28.9 Å². The van der Waals surface area contributed by atoms with E-state index in [1.54, 1.807) is 4.90 Å². The van der Waals surface area contributed by atoms with Crippen LogP contribution in [0.15, 0.2) is 36.5 Å². The first-order valence-electron chi connectivity index (χ1n) is 7.37. The lowest BCUT2D eigenvalue weighted by Crippen LogP contribution is -2.29. The van der Waals surface area contributed by atoms with Gasteiger partial charge in [-0.3, -0.25) is 4.79 Å². The Bertz CT molecular complexity index is 698. The average Bonchev–Trinajstić information content (AvgIpc) is 2.94. The Morgan fingerprint density at radius 1 is 1.13 bits per heavy atom. The van der Waals surface area contributed by atoms with Crippen LogP contribution >= 0.6 is 0 Å². The molecule has 0 N–H and O–H groups in total. The monoisotopic (exact) mass is 320 g/mol. The molecule has 0 spiro atoms. The summed E-state index contributed by atoms with van der Waals surface area (Å²) in [6, 6.07) is 6.02. The summed E-state index contributed by atoms with van der Waals surface area (Å²) in [5, 5.41) is 0. The molecule has 23 heavy (non-hydrogen) atoms. The van der Waals surface area contributed by atoms with Crippen molar-refractivity contribution in [3.63, 3.8) is 0 Å². The van der Waals surface area contributed by atoms with Crippen molar-refractivity contribution in [1.82, 2.24) is 9.88 Å². The van der Waals surface area contributed by atoms with Gasteiger partial charge in [0.15, 0.2) is 0 Å². The lowest BCUT2D eigenvalue weighted by atomic mass is 9.98. The lowest BCUT2D eigenvalue weighted by molar-refractivity contribution is 0.0781. The Balaban J connectivity index is 1.64. The second-order valence-electron chi connectivity index (χ2n) is 5.75. The van der Waals surface area contributed by atoms with E-state index < -0.39 is 17.5 Å². The normalized spacial score (nSPS) is 17.5. The number of benzene rings is 1. The van der Waals surface area contributed by atoms with Crippen LogP contribution in [0.5, 0.6) is 0 Å². The van der Waals surface area contributed by atoms with Crippen molar-refractivity contribution in [3.8, 4) is 0 Å². The van der Waals surface area contributed by atoms with Crippen molar-refractivity contribution < 1.29 is 18.0 Å². The van der Waals surface area contributed by atoms with Crippen molar-refractivity contribution in [2.24, 2.45) is 5.92 Å². The second-order valence-corrected chi connectivity index (χ2v) is 5.75. The molecule has 2 aromatic rings. The van der Waals surface area contributed by atoms with Crippen molar-refractivity contribution >= 4 is 5.91 Å². The molecule has 1 aromatic carbocycles. The Morgan fingerprint density at radius 3 is 2.52 bits per heavy atom. The molecule has 120 valence electrons. The van der Waals surface area contributed by atoms with Crippen LogP contribution in [0.3, 0.4) is 0 Å². The zero-order valence-corrected chi connectivity index (χ0v) is 12.3. The molecular formula is C17H15F3N2O. The predicted octanol–water partition coefficient (Wildman–Crippen LogP) is 3.20. The molecule has 0 saturated carbocycles. The van der Waals surface area contributed by atoms with Gasteiger partial charge in [0.1, 0.15) is 23.1 Å². The molecule has 0 aliphatic carbocycles. The molecule has 0 radical (unpaired) electrons. The zero-order valence-electron chi connectivity index (χ0n) is 12.3. The molecule has 1 aliphatic heterocycles. The molecule has 1 unspecified atom stereocenters. The molecule has 1 amide bonds. The number of rotatable bonds is 3. The Labute approximate surface area is 131 Å². The van der Waals surface area contributed by atoms with Crippen LogP contribution < -0.4 is 0 Å². The minimum absolute atomic E-state index is 0.139. The summed E-state index contributed by atoms with van der Waals surface area (Å²) in [5.74, 6) is -1.80.